The lowest BCUT2D eigenvalue weighted by Crippen LogP contribution is -2.40. The molecule has 0 aromatic rings. The van der Waals surface area contributed by atoms with Crippen LogP contribution < -0.4 is 5.73 Å². The van der Waals surface area contributed by atoms with E-state index >= 15 is 0 Å². The van der Waals surface area contributed by atoms with Crippen LogP contribution in [0.5, 0.6) is 0 Å². The second-order valence-electron chi connectivity index (χ2n) is 4.37. The summed E-state index contributed by atoms with van der Waals surface area (Å²) < 4.78 is 0. The molecule has 0 saturated heterocycles. The van der Waals surface area contributed by atoms with Crippen molar-refractivity contribution in [3.63, 3.8) is 0 Å². The van der Waals surface area contributed by atoms with Crippen molar-refractivity contribution in [2.45, 2.75) is 38.6 Å². The van der Waals surface area contributed by atoms with Crippen molar-refractivity contribution in [1.82, 2.24) is 4.90 Å². The monoisotopic (exact) mass is 259 g/mol. The molecule has 18 heavy (non-hydrogen) atoms. The van der Waals surface area contributed by atoms with Crippen molar-refractivity contribution in [3.8, 4) is 0 Å². The second kappa shape index (κ2) is 7.52. The van der Waals surface area contributed by atoms with E-state index in [0.717, 1.165) is 32.6 Å². The molecule has 1 amide bonds. The van der Waals surface area contributed by atoms with E-state index in [1.807, 2.05) is 0 Å². The number of carboxylic acid groups (broad SMARTS) is 2. The maximum atomic E-state index is 10.7. The molecule has 7 heteroatoms. The Kier molecular flexibility index (Phi) is 6.77. The molecule has 0 atom stereocenters. The third kappa shape index (κ3) is 6.07. The first-order chi connectivity index (χ1) is 8.25. The number of carboxylic acids is 1. The summed E-state index contributed by atoms with van der Waals surface area (Å²) in [7, 11) is 1.60. The van der Waals surface area contributed by atoms with Gasteiger partial charge in [0.2, 0.25) is 0 Å². The van der Waals surface area contributed by atoms with Gasteiger partial charge in [0.05, 0.1) is 5.84 Å². The summed E-state index contributed by atoms with van der Waals surface area (Å²) in [5.74, 6) is -0.435. The molecule has 104 valence electrons. The Labute approximate surface area is 106 Å². The van der Waals surface area contributed by atoms with Crippen LogP contribution in [0, 0.1) is 11.3 Å². The Hall–Kier alpha value is -1.79. The van der Waals surface area contributed by atoms with Gasteiger partial charge in [-0.2, -0.15) is 0 Å². The molecule has 1 aliphatic carbocycles. The highest BCUT2D eigenvalue weighted by Gasteiger charge is 2.27. The van der Waals surface area contributed by atoms with Crippen LogP contribution >= 0.6 is 0 Å². The van der Waals surface area contributed by atoms with Gasteiger partial charge in [-0.1, -0.05) is 0 Å². The average molecular weight is 259 g/mol. The highest BCUT2D eigenvalue weighted by Crippen LogP contribution is 2.26. The minimum absolute atomic E-state index is 0.100. The van der Waals surface area contributed by atoms with Crippen LogP contribution in [0.2, 0.25) is 0 Å². The number of rotatable bonds is 2. The van der Waals surface area contributed by atoms with E-state index in [9.17, 15) is 4.79 Å². The first-order valence-electron chi connectivity index (χ1n) is 5.74. The van der Waals surface area contributed by atoms with E-state index in [4.69, 9.17) is 26.2 Å². The fourth-order valence-corrected chi connectivity index (χ4v) is 1.93. The summed E-state index contributed by atoms with van der Waals surface area (Å²) in [6, 6.07) is 0.100. The molecule has 0 bridgehead atoms. The highest BCUT2D eigenvalue weighted by molar-refractivity contribution is 5.79. The Bertz CT molecular complexity index is 307. The van der Waals surface area contributed by atoms with Crippen molar-refractivity contribution in [3.05, 3.63) is 0 Å². The van der Waals surface area contributed by atoms with Crippen molar-refractivity contribution in [2.24, 2.45) is 11.7 Å². The largest absolute Gasteiger partial charge is 0.481 e. The van der Waals surface area contributed by atoms with Crippen LogP contribution in [0.15, 0.2) is 0 Å². The number of hydrogen-bond donors (Lipinski definition) is 4. The lowest BCUT2D eigenvalue weighted by molar-refractivity contribution is -0.134. The van der Waals surface area contributed by atoms with Crippen molar-refractivity contribution in [1.29, 1.82) is 5.41 Å². The summed E-state index contributed by atoms with van der Waals surface area (Å²) >= 11 is 0. The molecule has 0 aliphatic heterocycles. The SMILES string of the molecule is CC(=O)O.CN(C(=O)O)[C@H]1CC[C@H](C(=N)N)CC1. The lowest BCUT2D eigenvalue weighted by Gasteiger charge is -2.32. The minimum Gasteiger partial charge on any atom is -0.481 e. The van der Waals surface area contributed by atoms with E-state index in [2.05, 4.69) is 0 Å². The lowest BCUT2D eigenvalue weighted by atomic mass is 9.85. The molecule has 0 heterocycles. The van der Waals surface area contributed by atoms with Gasteiger partial charge in [0.25, 0.3) is 5.97 Å². The molecular formula is C11H21N3O4. The zero-order chi connectivity index (χ0) is 14.3. The van der Waals surface area contributed by atoms with Gasteiger partial charge in [0.1, 0.15) is 0 Å². The zero-order valence-corrected chi connectivity index (χ0v) is 10.7. The molecule has 0 aromatic heterocycles. The number of nitrogens with two attached hydrogens (primary N) is 1. The normalized spacial score (nSPS) is 22.3. The Morgan fingerprint density at radius 1 is 1.22 bits per heavy atom. The first-order valence-corrected chi connectivity index (χ1v) is 5.74. The topological polar surface area (TPSA) is 128 Å². The summed E-state index contributed by atoms with van der Waals surface area (Å²) in [4.78, 5) is 21.0. The van der Waals surface area contributed by atoms with Crippen molar-refractivity contribution in [2.75, 3.05) is 7.05 Å². The fraction of sp³-hybridized carbons (Fsp3) is 0.727. The maximum absolute atomic E-state index is 10.7. The van der Waals surface area contributed by atoms with E-state index < -0.39 is 12.1 Å². The Morgan fingerprint density at radius 3 is 1.89 bits per heavy atom. The number of amides is 1. The number of amidine groups is 1. The van der Waals surface area contributed by atoms with E-state index in [1.54, 1.807) is 7.05 Å². The molecule has 1 aliphatic rings. The fourth-order valence-electron chi connectivity index (χ4n) is 1.93. The predicted octanol–water partition coefficient (Wildman–Crippen LogP) is 1.18. The summed E-state index contributed by atoms with van der Waals surface area (Å²) in [6.45, 7) is 1.08. The van der Waals surface area contributed by atoms with Gasteiger partial charge in [-0.15, -0.1) is 0 Å². The molecule has 5 N–H and O–H groups in total. The third-order valence-corrected chi connectivity index (χ3v) is 2.99. The maximum Gasteiger partial charge on any atom is 0.407 e. The molecule has 0 unspecified atom stereocenters. The molecule has 0 aromatic carbocycles. The van der Waals surface area contributed by atoms with Gasteiger partial charge in [-0.05, 0) is 25.7 Å². The molecular weight excluding hydrogens is 238 g/mol. The molecule has 0 spiro atoms. The van der Waals surface area contributed by atoms with Crippen LogP contribution in [0.25, 0.3) is 0 Å². The Morgan fingerprint density at radius 2 is 1.61 bits per heavy atom. The smallest absolute Gasteiger partial charge is 0.407 e. The molecule has 1 saturated carbocycles. The molecule has 1 rings (SSSR count). The summed E-state index contributed by atoms with van der Waals surface area (Å²) in [5, 5.41) is 23.5. The second-order valence-corrected chi connectivity index (χ2v) is 4.37. The predicted molar refractivity (Wildman–Crippen MR) is 66.8 cm³/mol. The quantitative estimate of drug-likeness (QED) is 0.437. The Balaban J connectivity index is 0.000000631. The van der Waals surface area contributed by atoms with Gasteiger partial charge in [-0.25, -0.2) is 4.79 Å². The highest BCUT2D eigenvalue weighted by atomic mass is 16.4. The number of carbonyl (C=O) groups is 2. The van der Waals surface area contributed by atoms with Gasteiger partial charge >= 0.3 is 6.09 Å². The van der Waals surface area contributed by atoms with E-state index in [0.29, 0.717) is 0 Å². The third-order valence-electron chi connectivity index (χ3n) is 2.99. The van der Waals surface area contributed by atoms with Crippen LogP contribution in [0.4, 0.5) is 4.79 Å². The number of nitrogens with one attached hydrogen (secondary N) is 1. The van der Waals surface area contributed by atoms with Gasteiger partial charge in [0.15, 0.2) is 0 Å². The standard InChI is InChI=1S/C9H17N3O2.C2H4O2/c1-12(9(13)14)7-4-2-6(3-5-7)8(10)11;1-2(3)4/h6-7H,2-5H2,1H3,(H3,10,11)(H,13,14);1H3,(H,3,4)/t6-,7-;. The molecule has 7 nitrogen and oxygen atoms in total. The van der Waals surface area contributed by atoms with Crippen molar-refractivity contribution < 1.29 is 19.8 Å². The van der Waals surface area contributed by atoms with Crippen LogP contribution in [0.3, 0.4) is 0 Å². The van der Waals surface area contributed by atoms with Gasteiger partial charge in [-0.3, -0.25) is 10.2 Å². The van der Waals surface area contributed by atoms with Gasteiger partial charge < -0.3 is 20.8 Å². The number of aliphatic carboxylic acids is 1. The molecule has 1 fully saturated rings. The summed E-state index contributed by atoms with van der Waals surface area (Å²) in [6.07, 6.45) is 2.41. The van der Waals surface area contributed by atoms with E-state index in [-0.39, 0.29) is 17.8 Å². The summed E-state index contributed by atoms with van der Waals surface area (Å²) in [5.41, 5.74) is 5.40. The van der Waals surface area contributed by atoms with Crippen LogP contribution in [0.1, 0.15) is 32.6 Å². The van der Waals surface area contributed by atoms with Crippen LogP contribution in [-0.4, -0.2) is 46.1 Å². The average Bonchev–Trinajstić information content (AvgIpc) is 2.27. The van der Waals surface area contributed by atoms with Crippen molar-refractivity contribution >= 4 is 17.9 Å². The van der Waals surface area contributed by atoms with E-state index in [1.165, 1.54) is 4.90 Å². The zero-order valence-electron chi connectivity index (χ0n) is 10.7. The number of hydrogen-bond acceptors (Lipinski definition) is 3. The molecule has 0 radical (unpaired) electrons. The van der Waals surface area contributed by atoms with Crippen LogP contribution in [-0.2, 0) is 4.79 Å². The minimum atomic E-state index is -0.878. The first kappa shape index (κ1) is 16.2. The van der Waals surface area contributed by atoms with Gasteiger partial charge in [0, 0.05) is 25.9 Å². The number of nitrogens with zero attached hydrogens (tertiary/aromatic N) is 1.